The normalized spacial score (nSPS) is 29.0. The minimum absolute atomic E-state index is 0.398. The third-order valence-electron chi connectivity index (χ3n) is 3.44. The van der Waals surface area contributed by atoms with Crippen LogP contribution >= 0.6 is 11.8 Å². The molecule has 1 aliphatic carbocycles. The standard InChI is InChI=1S/C12H25NOS/c1-11(2)7-5-6-10(11)13-8-12(3,14)9-15-4/h10,13-14H,5-9H2,1-4H3. The van der Waals surface area contributed by atoms with Gasteiger partial charge in [-0.05, 0) is 31.4 Å². The van der Waals surface area contributed by atoms with Gasteiger partial charge in [-0.25, -0.2) is 0 Å². The average Bonchev–Trinajstić information content (AvgIpc) is 2.41. The minimum atomic E-state index is -0.571. The maximum absolute atomic E-state index is 10.1. The second-order valence-corrected chi connectivity index (χ2v) is 6.61. The first-order valence-electron chi connectivity index (χ1n) is 5.82. The fraction of sp³-hybridized carbons (Fsp3) is 1.00. The summed E-state index contributed by atoms with van der Waals surface area (Å²) in [6, 6.07) is 0.575. The zero-order valence-corrected chi connectivity index (χ0v) is 11.3. The highest BCUT2D eigenvalue weighted by atomic mass is 32.2. The van der Waals surface area contributed by atoms with Crippen molar-refractivity contribution in [3.63, 3.8) is 0 Å². The summed E-state index contributed by atoms with van der Waals surface area (Å²) in [5.74, 6) is 0.799. The number of thioether (sulfide) groups is 1. The predicted molar refractivity (Wildman–Crippen MR) is 68.4 cm³/mol. The van der Waals surface area contributed by atoms with Gasteiger partial charge in [0.05, 0.1) is 5.60 Å². The van der Waals surface area contributed by atoms with Crippen LogP contribution in [0.5, 0.6) is 0 Å². The molecule has 0 aromatic carbocycles. The Morgan fingerprint density at radius 3 is 2.67 bits per heavy atom. The van der Waals surface area contributed by atoms with Crippen molar-refractivity contribution in [3.8, 4) is 0 Å². The summed E-state index contributed by atoms with van der Waals surface area (Å²) >= 11 is 1.70. The number of aliphatic hydroxyl groups is 1. The van der Waals surface area contributed by atoms with Crippen LogP contribution in [0.1, 0.15) is 40.0 Å². The monoisotopic (exact) mass is 231 g/mol. The lowest BCUT2D eigenvalue weighted by Gasteiger charge is -2.31. The Bertz CT molecular complexity index is 204. The van der Waals surface area contributed by atoms with Gasteiger partial charge in [-0.15, -0.1) is 0 Å². The van der Waals surface area contributed by atoms with Crippen molar-refractivity contribution in [1.29, 1.82) is 0 Å². The van der Waals surface area contributed by atoms with Gasteiger partial charge in [0.1, 0.15) is 0 Å². The highest BCUT2D eigenvalue weighted by Gasteiger charge is 2.35. The van der Waals surface area contributed by atoms with E-state index >= 15 is 0 Å². The first-order valence-corrected chi connectivity index (χ1v) is 7.21. The first kappa shape index (κ1) is 13.3. The lowest BCUT2D eigenvalue weighted by molar-refractivity contribution is 0.0762. The number of hydrogen-bond donors (Lipinski definition) is 2. The van der Waals surface area contributed by atoms with Crippen molar-refractivity contribution in [2.24, 2.45) is 5.41 Å². The van der Waals surface area contributed by atoms with E-state index < -0.39 is 5.60 Å². The molecule has 1 rings (SSSR count). The molecule has 2 atom stereocenters. The molecule has 0 radical (unpaired) electrons. The average molecular weight is 231 g/mol. The Labute approximate surface area is 98.2 Å². The Morgan fingerprint density at radius 1 is 1.53 bits per heavy atom. The van der Waals surface area contributed by atoms with Gasteiger partial charge in [0, 0.05) is 18.3 Å². The van der Waals surface area contributed by atoms with Crippen LogP contribution in [0.25, 0.3) is 0 Å². The summed E-state index contributed by atoms with van der Waals surface area (Å²) in [4.78, 5) is 0. The van der Waals surface area contributed by atoms with Gasteiger partial charge in [0.25, 0.3) is 0 Å². The molecule has 2 N–H and O–H groups in total. The maximum atomic E-state index is 10.1. The van der Waals surface area contributed by atoms with Crippen molar-refractivity contribution in [3.05, 3.63) is 0 Å². The Hall–Kier alpha value is 0.270. The molecule has 0 spiro atoms. The quantitative estimate of drug-likeness (QED) is 0.761. The zero-order valence-electron chi connectivity index (χ0n) is 10.5. The van der Waals surface area contributed by atoms with Gasteiger partial charge in [-0.1, -0.05) is 20.3 Å². The van der Waals surface area contributed by atoms with Crippen molar-refractivity contribution >= 4 is 11.8 Å². The molecule has 0 aliphatic heterocycles. The van der Waals surface area contributed by atoms with Crippen LogP contribution in [0.2, 0.25) is 0 Å². The van der Waals surface area contributed by atoms with E-state index in [2.05, 4.69) is 19.2 Å². The van der Waals surface area contributed by atoms with Crippen molar-refractivity contribution in [2.45, 2.75) is 51.7 Å². The smallest absolute Gasteiger partial charge is 0.0833 e. The minimum Gasteiger partial charge on any atom is -0.388 e. The fourth-order valence-corrected chi connectivity index (χ4v) is 3.13. The lowest BCUT2D eigenvalue weighted by atomic mass is 9.87. The van der Waals surface area contributed by atoms with E-state index in [4.69, 9.17) is 0 Å². The van der Waals surface area contributed by atoms with Crippen LogP contribution in [0.4, 0.5) is 0 Å². The maximum Gasteiger partial charge on any atom is 0.0833 e. The highest BCUT2D eigenvalue weighted by molar-refractivity contribution is 7.98. The Kier molecular flexibility index (Phi) is 4.50. The van der Waals surface area contributed by atoms with Gasteiger partial charge < -0.3 is 10.4 Å². The van der Waals surface area contributed by atoms with Gasteiger partial charge in [-0.3, -0.25) is 0 Å². The van der Waals surface area contributed by atoms with E-state index in [9.17, 15) is 5.11 Å². The van der Waals surface area contributed by atoms with E-state index in [1.807, 2.05) is 13.2 Å². The lowest BCUT2D eigenvalue weighted by Crippen LogP contribution is -2.47. The van der Waals surface area contributed by atoms with Crippen molar-refractivity contribution < 1.29 is 5.11 Å². The molecular formula is C12H25NOS. The van der Waals surface area contributed by atoms with Crippen LogP contribution in [0, 0.1) is 5.41 Å². The van der Waals surface area contributed by atoms with E-state index in [0.717, 1.165) is 5.75 Å². The summed E-state index contributed by atoms with van der Waals surface area (Å²) in [6.45, 7) is 7.27. The molecule has 15 heavy (non-hydrogen) atoms. The van der Waals surface area contributed by atoms with Gasteiger partial charge in [0.2, 0.25) is 0 Å². The third-order valence-corrected chi connectivity index (χ3v) is 4.35. The second kappa shape index (κ2) is 5.07. The molecule has 0 amide bonds. The molecule has 0 heterocycles. The molecular weight excluding hydrogens is 206 g/mol. The molecule has 0 aromatic rings. The van der Waals surface area contributed by atoms with Crippen LogP contribution in [0.15, 0.2) is 0 Å². The van der Waals surface area contributed by atoms with E-state index in [-0.39, 0.29) is 0 Å². The van der Waals surface area contributed by atoms with Crippen molar-refractivity contribution in [1.82, 2.24) is 5.32 Å². The molecule has 2 nitrogen and oxygen atoms in total. The van der Waals surface area contributed by atoms with Gasteiger partial charge >= 0.3 is 0 Å². The van der Waals surface area contributed by atoms with E-state index in [1.165, 1.54) is 19.3 Å². The topological polar surface area (TPSA) is 32.3 Å². The molecule has 2 unspecified atom stereocenters. The summed E-state index contributed by atoms with van der Waals surface area (Å²) < 4.78 is 0. The number of rotatable bonds is 5. The molecule has 3 heteroatoms. The molecule has 1 aliphatic rings. The summed E-state index contributed by atoms with van der Waals surface area (Å²) in [5, 5.41) is 13.6. The predicted octanol–water partition coefficient (Wildman–Crippen LogP) is 2.27. The second-order valence-electron chi connectivity index (χ2n) is 5.74. The highest BCUT2D eigenvalue weighted by Crippen LogP contribution is 2.37. The Balaban J connectivity index is 2.36. The number of nitrogens with one attached hydrogen (secondary N) is 1. The molecule has 1 fully saturated rings. The fourth-order valence-electron chi connectivity index (χ4n) is 2.41. The first-order chi connectivity index (χ1) is 6.87. The molecule has 0 saturated heterocycles. The Morgan fingerprint density at radius 2 is 2.20 bits per heavy atom. The molecule has 0 bridgehead atoms. The van der Waals surface area contributed by atoms with Crippen molar-refractivity contribution in [2.75, 3.05) is 18.6 Å². The molecule has 1 saturated carbocycles. The zero-order chi connectivity index (χ0) is 11.5. The van der Waals surface area contributed by atoms with Crippen LogP contribution in [-0.4, -0.2) is 35.3 Å². The molecule has 90 valence electrons. The van der Waals surface area contributed by atoms with Crippen LogP contribution < -0.4 is 5.32 Å². The summed E-state index contributed by atoms with van der Waals surface area (Å²) in [6.07, 6.45) is 5.90. The van der Waals surface area contributed by atoms with Crippen LogP contribution in [0.3, 0.4) is 0 Å². The summed E-state index contributed by atoms with van der Waals surface area (Å²) in [7, 11) is 0. The van der Waals surface area contributed by atoms with E-state index in [1.54, 1.807) is 11.8 Å². The van der Waals surface area contributed by atoms with Gasteiger partial charge in [-0.2, -0.15) is 11.8 Å². The largest absolute Gasteiger partial charge is 0.388 e. The third kappa shape index (κ3) is 3.97. The van der Waals surface area contributed by atoms with E-state index in [0.29, 0.717) is 18.0 Å². The van der Waals surface area contributed by atoms with Crippen LogP contribution in [-0.2, 0) is 0 Å². The summed E-state index contributed by atoms with van der Waals surface area (Å²) in [5.41, 5.74) is -0.173. The van der Waals surface area contributed by atoms with Gasteiger partial charge in [0.15, 0.2) is 0 Å². The number of hydrogen-bond acceptors (Lipinski definition) is 3. The SMILES string of the molecule is CSCC(C)(O)CNC1CCCC1(C)C. The molecule has 0 aromatic heterocycles.